The zero-order valence-corrected chi connectivity index (χ0v) is 9.78. The highest BCUT2D eigenvalue weighted by molar-refractivity contribution is 7.99. The Hall–Kier alpha value is -1.23. The van der Waals surface area contributed by atoms with Gasteiger partial charge in [0.15, 0.2) is 5.65 Å². The molecule has 4 nitrogen and oxygen atoms in total. The van der Waals surface area contributed by atoms with E-state index >= 15 is 0 Å². The summed E-state index contributed by atoms with van der Waals surface area (Å²) in [4.78, 5) is 4.26. The van der Waals surface area contributed by atoms with E-state index in [9.17, 15) is 0 Å². The van der Waals surface area contributed by atoms with Crippen molar-refractivity contribution >= 4 is 23.1 Å². The first-order valence-corrected chi connectivity index (χ1v) is 6.60. The average molecular weight is 234 g/mol. The van der Waals surface area contributed by atoms with Gasteiger partial charge in [0.1, 0.15) is 0 Å². The topological polar surface area (TPSA) is 56.2 Å². The molecule has 2 aromatic rings. The number of nitrogens with two attached hydrogens (primary N) is 1. The van der Waals surface area contributed by atoms with Crippen LogP contribution in [0.2, 0.25) is 0 Å². The number of hydrogen-bond acceptors (Lipinski definition) is 4. The first kappa shape index (κ1) is 9.96. The van der Waals surface area contributed by atoms with Gasteiger partial charge in [-0.2, -0.15) is 16.9 Å². The second kappa shape index (κ2) is 3.97. The molecule has 0 radical (unpaired) electrons. The molecule has 16 heavy (non-hydrogen) atoms. The van der Waals surface area contributed by atoms with Gasteiger partial charge in [-0.3, -0.25) is 0 Å². The number of aromatic nitrogens is 3. The lowest BCUT2D eigenvalue weighted by atomic mass is 10.1. The smallest absolute Gasteiger partial charge is 0.155 e. The van der Waals surface area contributed by atoms with Crippen LogP contribution >= 0.6 is 11.8 Å². The summed E-state index contributed by atoms with van der Waals surface area (Å²) in [6.07, 6.45) is 7.36. The molecular formula is C11H14N4S. The van der Waals surface area contributed by atoms with E-state index in [1.165, 1.54) is 25.0 Å². The molecule has 5 heteroatoms. The summed E-state index contributed by atoms with van der Waals surface area (Å²) in [5.41, 5.74) is 8.36. The fourth-order valence-electron chi connectivity index (χ4n) is 2.04. The summed E-state index contributed by atoms with van der Waals surface area (Å²) >= 11 is 2.00. The van der Waals surface area contributed by atoms with Crippen LogP contribution in [0.5, 0.6) is 0 Å². The minimum absolute atomic E-state index is 0.539. The van der Waals surface area contributed by atoms with Gasteiger partial charge in [0.25, 0.3) is 0 Å². The standard InChI is InChI=1S/C11H14N4S/c12-8-6-13-11-5-9(14-15(11)7-8)10-3-1-2-4-16-10/h5-7,10H,1-4,12H2. The minimum atomic E-state index is 0.539. The van der Waals surface area contributed by atoms with Crippen molar-refractivity contribution in [2.45, 2.75) is 24.5 Å². The van der Waals surface area contributed by atoms with E-state index in [-0.39, 0.29) is 0 Å². The Morgan fingerprint density at radius 2 is 2.38 bits per heavy atom. The molecular weight excluding hydrogens is 220 g/mol. The summed E-state index contributed by atoms with van der Waals surface area (Å²) in [6, 6.07) is 2.07. The van der Waals surface area contributed by atoms with Gasteiger partial charge in [-0.1, -0.05) is 6.42 Å². The number of rotatable bonds is 1. The van der Waals surface area contributed by atoms with E-state index in [1.54, 1.807) is 10.7 Å². The molecule has 1 saturated heterocycles. The summed E-state index contributed by atoms with van der Waals surface area (Å²) < 4.78 is 1.78. The lowest BCUT2D eigenvalue weighted by Crippen LogP contribution is -2.03. The van der Waals surface area contributed by atoms with Crippen molar-refractivity contribution in [1.82, 2.24) is 14.6 Å². The first-order valence-electron chi connectivity index (χ1n) is 5.55. The predicted octanol–water partition coefficient (Wildman–Crippen LogP) is 2.27. The van der Waals surface area contributed by atoms with Crippen LogP contribution in [0.25, 0.3) is 5.65 Å². The first-order chi connectivity index (χ1) is 7.83. The summed E-state index contributed by atoms with van der Waals surface area (Å²) in [5, 5.41) is 5.09. The third-order valence-electron chi connectivity index (χ3n) is 2.86. The van der Waals surface area contributed by atoms with Gasteiger partial charge >= 0.3 is 0 Å². The van der Waals surface area contributed by atoms with Crippen molar-refractivity contribution in [1.29, 1.82) is 0 Å². The second-order valence-electron chi connectivity index (χ2n) is 4.11. The highest BCUT2D eigenvalue weighted by Crippen LogP contribution is 2.37. The normalized spacial score (nSPS) is 21.4. The lowest BCUT2D eigenvalue weighted by Gasteiger charge is -2.18. The summed E-state index contributed by atoms with van der Waals surface area (Å²) in [5.74, 6) is 1.24. The van der Waals surface area contributed by atoms with Crippen LogP contribution in [0.3, 0.4) is 0 Å². The van der Waals surface area contributed by atoms with Crippen molar-refractivity contribution < 1.29 is 0 Å². The Balaban J connectivity index is 1.97. The van der Waals surface area contributed by atoms with E-state index in [1.807, 2.05) is 18.0 Å². The van der Waals surface area contributed by atoms with Gasteiger partial charge < -0.3 is 5.73 Å². The molecule has 0 saturated carbocycles. The summed E-state index contributed by atoms with van der Waals surface area (Å²) in [6.45, 7) is 0. The SMILES string of the molecule is Nc1cnc2cc(C3CCCCS3)nn2c1. The maximum atomic E-state index is 5.68. The molecule has 3 heterocycles. The quantitative estimate of drug-likeness (QED) is 0.822. The third-order valence-corrected chi connectivity index (χ3v) is 4.27. The Morgan fingerprint density at radius 3 is 3.19 bits per heavy atom. The molecule has 0 amide bonds. The van der Waals surface area contributed by atoms with Crippen molar-refractivity contribution in [2.24, 2.45) is 0 Å². The predicted molar refractivity (Wildman–Crippen MR) is 66.4 cm³/mol. The van der Waals surface area contributed by atoms with Crippen LogP contribution in [-0.4, -0.2) is 20.4 Å². The molecule has 1 unspecified atom stereocenters. The van der Waals surface area contributed by atoms with Gasteiger partial charge in [-0.05, 0) is 18.6 Å². The monoisotopic (exact) mass is 234 g/mol. The molecule has 0 aliphatic carbocycles. The van der Waals surface area contributed by atoms with Crippen LogP contribution in [0.1, 0.15) is 30.2 Å². The van der Waals surface area contributed by atoms with Crippen LogP contribution in [0, 0.1) is 0 Å². The fraction of sp³-hybridized carbons (Fsp3) is 0.455. The molecule has 1 fully saturated rings. The number of anilines is 1. The van der Waals surface area contributed by atoms with E-state index in [0.29, 0.717) is 10.9 Å². The number of nitrogen functional groups attached to an aromatic ring is 1. The Kier molecular flexibility index (Phi) is 2.47. The largest absolute Gasteiger partial charge is 0.396 e. The zero-order valence-electron chi connectivity index (χ0n) is 8.97. The molecule has 2 N–H and O–H groups in total. The highest BCUT2D eigenvalue weighted by Gasteiger charge is 2.19. The van der Waals surface area contributed by atoms with E-state index < -0.39 is 0 Å². The number of nitrogens with zero attached hydrogens (tertiary/aromatic N) is 3. The summed E-state index contributed by atoms with van der Waals surface area (Å²) in [7, 11) is 0. The second-order valence-corrected chi connectivity index (χ2v) is 5.43. The fourth-order valence-corrected chi connectivity index (χ4v) is 3.32. The van der Waals surface area contributed by atoms with Crippen LogP contribution in [-0.2, 0) is 0 Å². The van der Waals surface area contributed by atoms with Crippen molar-refractivity contribution in [2.75, 3.05) is 11.5 Å². The van der Waals surface area contributed by atoms with Gasteiger partial charge in [-0.25, -0.2) is 9.50 Å². The molecule has 0 aromatic carbocycles. The van der Waals surface area contributed by atoms with Crippen molar-refractivity contribution in [3.63, 3.8) is 0 Å². The molecule has 84 valence electrons. The van der Waals surface area contributed by atoms with E-state index in [2.05, 4.69) is 16.1 Å². The molecule has 1 aliphatic heterocycles. The number of thioether (sulfide) groups is 1. The number of hydrogen-bond donors (Lipinski definition) is 1. The van der Waals surface area contributed by atoms with Gasteiger partial charge in [0.2, 0.25) is 0 Å². The molecule has 2 aromatic heterocycles. The Morgan fingerprint density at radius 1 is 1.44 bits per heavy atom. The molecule has 1 aliphatic rings. The lowest BCUT2D eigenvalue weighted by molar-refractivity contribution is 0.670. The van der Waals surface area contributed by atoms with Crippen LogP contribution in [0.4, 0.5) is 5.69 Å². The van der Waals surface area contributed by atoms with Gasteiger partial charge in [0.05, 0.1) is 23.8 Å². The third kappa shape index (κ3) is 1.75. The van der Waals surface area contributed by atoms with E-state index in [0.717, 1.165) is 11.3 Å². The van der Waals surface area contributed by atoms with Crippen LogP contribution in [0.15, 0.2) is 18.5 Å². The average Bonchev–Trinajstić information content (AvgIpc) is 2.73. The Bertz CT molecular complexity index is 502. The maximum absolute atomic E-state index is 5.68. The van der Waals surface area contributed by atoms with Gasteiger partial charge in [0, 0.05) is 11.3 Å². The van der Waals surface area contributed by atoms with Crippen molar-refractivity contribution in [3.05, 3.63) is 24.2 Å². The van der Waals surface area contributed by atoms with Gasteiger partial charge in [-0.15, -0.1) is 0 Å². The molecule has 0 bridgehead atoms. The highest BCUT2D eigenvalue weighted by atomic mass is 32.2. The van der Waals surface area contributed by atoms with Crippen molar-refractivity contribution in [3.8, 4) is 0 Å². The molecule has 0 spiro atoms. The number of fused-ring (bicyclic) bond motifs is 1. The maximum Gasteiger partial charge on any atom is 0.155 e. The molecule has 1 atom stereocenters. The minimum Gasteiger partial charge on any atom is -0.396 e. The molecule has 3 rings (SSSR count). The van der Waals surface area contributed by atoms with E-state index in [4.69, 9.17) is 5.73 Å². The zero-order chi connectivity index (χ0) is 11.0. The Labute approximate surface area is 98.2 Å². The van der Waals surface area contributed by atoms with Crippen LogP contribution < -0.4 is 5.73 Å².